The lowest BCUT2D eigenvalue weighted by molar-refractivity contribution is -0.00586. The second kappa shape index (κ2) is 6.11. The van der Waals surface area contributed by atoms with E-state index in [1.807, 2.05) is 30.3 Å². The summed E-state index contributed by atoms with van der Waals surface area (Å²) in [6.07, 6.45) is 0. The highest BCUT2D eigenvalue weighted by atomic mass is 16.7. The van der Waals surface area contributed by atoms with Crippen molar-refractivity contribution in [3.8, 4) is 17.6 Å². The summed E-state index contributed by atoms with van der Waals surface area (Å²) in [4.78, 5) is 14.4. The normalized spacial score (nSPS) is 23.7. The van der Waals surface area contributed by atoms with E-state index in [4.69, 9.17) is 9.47 Å². The second-order valence-corrected chi connectivity index (χ2v) is 6.04. The smallest absolute Gasteiger partial charge is 0.255 e. The van der Waals surface area contributed by atoms with Crippen molar-refractivity contribution in [3.63, 3.8) is 0 Å². The number of nitrogens with zero attached hydrogens (tertiary/aromatic N) is 2. The first-order valence-electron chi connectivity index (χ1n) is 8.02. The Bertz CT molecular complexity index is 846. The molecule has 2 aliphatic heterocycles. The maximum absolute atomic E-state index is 12.9. The van der Waals surface area contributed by atoms with E-state index < -0.39 is 12.1 Å². The monoisotopic (exact) mass is 336 g/mol. The molecule has 4 rings (SSSR count). The fourth-order valence-electron chi connectivity index (χ4n) is 3.54. The highest BCUT2D eigenvalue weighted by Crippen LogP contribution is 2.42. The van der Waals surface area contributed by atoms with Crippen molar-refractivity contribution >= 4 is 5.91 Å². The highest BCUT2D eigenvalue weighted by Gasteiger charge is 2.51. The molecule has 1 amide bonds. The van der Waals surface area contributed by atoms with Crippen molar-refractivity contribution in [1.29, 1.82) is 5.26 Å². The maximum atomic E-state index is 12.9. The predicted octanol–water partition coefficient (Wildman–Crippen LogP) is 1.91. The van der Waals surface area contributed by atoms with Gasteiger partial charge in [0.25, 0.3) is 5.91 Å². The third kappa shape index (κ3) is 2.41. The van der Waals surface area contributed by atoms with Crippen molar-refractivity contribution in [1.82, 2.24) is 4.90 Å². The van der Waals surface area contributed by atoms with Gasteiger partial charge in [-0.15, -0.1) is 0 Å². The van der Waals surface area contributed by atoms with Gasteiger partial charge in [0, 0.05) is 11.5 Å². The predicted molar refractivity (Wildman–Crippen MR) is 88.2 cm³/mol. The van der Waals surface area contributed by atoms with E-state index >= 15 is 0 Å². The van der Waals surface area contributed by atoms with E-state index in [0.29, 0.717) is 17.1 Å². The van der Waals surface area contributed by atoms with Crippen LogP contribution in [-0.2, 0) is 0 Å². The minimum atomic E-state index is -0.613. The summed E-state index contributed by atoms with van der Waals surface area (Å²) < 4.78 is 10.6. The average molecular weight is 336 g/mol. The van der Waals surface area contributed by atoms with Gasteiger partial charge in [0.15, 0.2) is 11.5 Å². The van der Waals surface area contributed by atoms with Gasteiger partial charge in [-0.1, -0.05) is 30.3 Å². The Hall–Kier alpha value is -3.04. The minimum absolute atomic E-state index is 0.132. The number of carbonyl (C=O) groups is 1. The van der Waals surface area contributed by atoms with Gasteiger partial charge >= 0.3 is 0 Å². The first-order valence-corrected chi connectivity index (χ1v) is 8.02. The van der Waals surface area contributed by atoms with Crippen molar-refractivity contribution in [3.05, 3.63) is 59.7 Å². The zero-order valence-electron chi connectivity index (χ0n) is 13.3. The molecule has 25 heavy (non-hydrogen) atoms. The number of fused-ring (bicyclic) bond motifs is 1. The number of carbonyl (C=O) groups excluding carboxylic acids is 1. The van der Waals surface area contributed by atoms with Crippen LogP contribution in [0.2, 0.25) is 0 Å². The Balaban J connectivity index is 1.63. The molecule has 2 aromatic rings. The van der Waals surface area contributed by atoms with Gasteiger partial charge in [0.2, 0.25) is 6.79 Å². The molecule has 0 unspecified atom stereocenters. The zero-order valence-corrected chi connectivity index (χ0v) is 13.3. The number of hydrogen-bond acceptors (Lipinski definition) is 5. The van der Waals surface area contributed by atoms with Crippen molar-refractivity contribution in [2.24, 2.45) is 0 Å². The molecule has 6 nitrogen and oxygen atoms in total. The van der Waals surface area contributed by atoms with Crippen LogP contribution < -0.4 is 9.47 Å². The molecule has 6 heteroatoms. The number of aliphatic hydroxyl groups is 1. The number of hydrogen-bond donors (Lipinski definition) is 1. The molecule has 0 bridgehead atoms. The standard InChI is InChI=1S/C19H16N2O4/c20-9-14-18(12-4-2-1-3-5-12)15(10-22)21(14)19(23)13-6-7-16-17(8-13)25-11-24-16/h1-8,14-15,18,22H,10-11H2/t14-,15-,18-/m0/s1. The molecular formula is C19H16N2O4. The summed E-state index contributed by atoms with van der Waals surface area (Å²) >= 11 is 0. The third-order valence-corrected chi connectivity index (χ3v) is 4.77. The van der Waals surface area contributed by atoms with Crippen molar-refractivity contribution in [2.75, 3.05) is 13.4 Å². The molecule has 1 N–H and O–H groups in total. The zero-order chi connectivity index (χ0) is 17.4. The number of benzene rings is 2. The number of rotatable bonds is 3. The largest absolute Gasteiger partial charge is 0.454 e. The number of nitriles is 1. The number of ether oxygens (including phenoxy) is 2. The Labute approximate surface area is 144 Å². The van der Waals surface area contributed by atoms with Gasteiger partial charge < -0.3 is 19.5 Å². The first kappa shape index (κ1) is 15.5. The summed E-state index contributed by atoms with van der Waals surface area (Å²) in [5.74, 6) is 0.614. The first-order chi connectivity index (χ1) is 12.2. The Morgan fingerprint density at radius 1 is 1.20 bits per heavy atom. The van der Waals surface area contributed by atoms with Crippen LogP contribution in [0, 0.1) is 11.3 Å². The van der Waals surface area contributed by atoms with Gasteiger partial charge in [-0.3, -0.25) is 4.79 Å². The molecule has 0 spiro atoms. The van der Waals surface area contributed by atoms with Crippen LogP contribution in [0.25, 0.3) is 0 Å². The highest BCUT2D eigenvalue weighted by molar-refractivity contribution is 5.96. The topological polar surface area (TPSA) is 82.8 Å². The lowest BCUT2D eigenvalue weighted by Gasteiger charge is -2.51. The summed E-state index contributed by atoms with van der Waals surface area (Å²) in [7, 11) is 0. The van der Waals surface area contributed by atoms with Gasteiger partial charge in [-0.05, 0) is 23.8 Å². The van der Waals surface area contributed by atoms with E-state index in [2.05, 4.69) is 6.07 Å². The van der Waals surface area contributed by atoms with E-state index in [0.717, 1.165) is 5.56 Å². The van der Waals surface area contributed by atoms with Crippen LogP contribution in [0.1, 0.15) is 21.8 Å². The molecule has 2 aliphatic rings. The van der Waals surface area contributed by atoms with Crippen LogP contribution in [0.3, 0.4) is 0 Å². The van der Waals surface area contributed by atoms with Crippen LogP contribution in [-0.4, -0.2) is 41.4 Å². The van der Waals surface area contributed by atoms with Gasteiger partial charge in [0.1, 0.15) is 6.04 Å². The summed E-state index contributed by atoms with van der Waals surface area (Å²) in [5.41, 5.74) is 1.36. The Morgan fingerprint density at radius 2 is 1.96 bits per heavy atom. The second-order valence-electron chi connectivity index (χ2n) is 6.04. The molecule has 2 heterocycles. The molecule has 0 aliphatic carbocycles. The molecule has 126 valence electrons. The van der Waals surface area contributed by atoms with E-state index in [-0.39, 0.29) is 25.2 Å². The van der Waals surface area contributed by atoms with Crippen molar-refractivity contribution in [2.45, 2.75) is 18.0 Å². The van der Waals surface area contributed by atoms with E-state index in [9.17, 15) is 15.2 Å². The molecule has 1 fully saturated rings. The van der Waals surface area contributed by atoms with Crippen LogP contribution in [0.4, 0.5) is 0 Å². The summed E-state index contributed by atoms with van der Waals surface area (Å²) in [5, 5.41) is 19.4. The number of likely N-dealkylation sites (tertiary alicyclic amines) is 1. The molecule has 2 aromatic carbocycles. The molecule has 3 atom stereocenters. The molecule has 0 radical (unpaired) electrons. The van der Waals surface area contributed by atoms with Gasteiger partial charge in [-0.25, -0.2) is 0 Å². The molecular weight excluding hydrogens is 320 g/mol. The Kier molecular flexibility index (Phi) is 3.79. The number of amides is 1. The number of aliphatic hydroxyl groups excluding tert-OH is 1. The van der Waals surface area contributed by atoms with Crippen molar-refractivity contribution < 1.29 is 19.4 Å². The lowest BCUT2D eigenvalue weighted by Crippen LogP contribution is -2.65. The molecule has 0 aromatic heterocycles. The SMILES string of the molecule is N#C[C@H]1[C@H](c2ccccc2)[C@H](CO)N1C(=O)c1ccc2c(c1)OCO2. The fourth-order valence-corrected chi connectivity index (χ4v) is 3.54. The van der Waals surface area contributed by atoms with Gasteiger partial charge in [-0.2, -0.15) is 5.26 Å². The Morgan fingerprint density at radius 3 is 2.68 bits per heavy atom. The van der Waals surface area contributed by atoms with Gasteiger partial charge in [0.05, 0.1) is 18.7 Å². The van der Waals surface area contributed by atoms with Crippen LogP contribution in [0.15, 0.2) is 48.5 Å². The third-order valence-electron chi connectivity index (χ3n) is 4.77. The molecule has 0 saturated carbocycles. The van der Waals surface area contributed by atoms with Crippen LogP contribution >= 0.6 is 0 Å². The molecule has 1 saturated heterocycles. The maximum Gasteiger partial charge on any atom is 0.255 e. The van der Waals surface area contributed by atoms with Crippen LogP contribution in [0.5, 0.6) is 11.5 Å². The lowest BCUT2D eigenvalue weighted by atomic mass is 9.75. The summed E-state index contributed by atoms with van der Waals surface area (Å²) in [6.45, 7) is -0.0686. The average Bonchev–Trinajstić information content (AvgIpc) is 3.10. The van der Waals surface area contributed by atoms with E-state index in [1.165, 1.54) is 4.90 Å². The minimum Gasteiger partial charge on any atom is -0.454 e. The quantitative estimate of drug-likeness (QED) is 0.926. The van der Waals surface area contributed by atoms with E-state index in [1.54, 1.807) is 18.2 Å². The summed E-state index contributed by atoms with van der Waals surface area (Å²) in [6, 6.07) is 15.6. The fraction of sp³-hybridized carbons (Fsp3) is 0.263.